The Kier molecular flexibility index (Phi) is 17.4. The van der Waals surface area contributed by atoms with Crippen LogP contribution in [0.5, 0.6) is 0 Å². The van der Waals surface area contributed by atoms with E-state index in [1.165, 1.54) is 6.92 Å². The van der Waals surface area contributed by atoms with Crippen molar-refractivity contribution in [2.24, 2.45) is 10.1 Å². The first kappa shape index (κ1) is 31.7. The predicted octanol–water partition coefficient (Wildman–Crippen LogP) is 3.51. The molecule has 0 aromatic rings. The van der Waals surface area contributed by atoms with E-state index >= 15 is 0 Å². The van der Waals surface area contributed by atoms with Crippen molar-refractivity contribution in [2.75, 3.05) is 14.1 Å². The molecule has 1 unspecified atom stereocenters. The van der Waals surface area contributed by atoms with E-state index in [0.717, 1.165) is 28.3 Å². The maximum atomic E-state index is 11.1. The highest BCUT2D eigenvalue weighted by molar-refractivity contribution is 8.04. The van der Waals surface area contributed by atoms with E-state index in [0.29, 0.717) is 6.42 Å². The number of aliphatic imine (C=N–C) groups is 1. The van der Waals surface area contributed by atoms with Gasteiger partial charge in [-0.2, -0.15) is 0 Å². The van der Waals surface area contributed by atoms with Gasteiger partial charge in [0.05, 0.1) is 21.8 Å². The second-order valence-corrected chi connectivity index (χ2v) is 8.96. The van der Waals surface area contributed by atoms with Gasteiger partial charge >= 0.3 is 0 Å². The van der Waals surface area contributed by atoms with Crippen LogP contribution in [0.3, 0.4) is 0 Å². The zero-order valence-corrected chi connectivity index (χ0v) is 22.0. The second-order valence-electron chi connectivity index (χ2n) is 5.95. The lowest BCUT2D eigenvalue weighted by molar-refractivity contribution is -0.106. The molecule has 1 heterocycles. The molecule has 0 radical (unpaired) electrons. The number of primary sulfonamides is 1. The van der Waals surface area contributed by atoms with E-state index in [-0.39, 0.29) is 16.8 Å². The lowest BCUT2D eigenvalue weighted by Crippen LogP contribution is -2.34. The third-order valence-electron chi connectivity index (χ3n) is 3.81. The lowest BCUT2D eigenvalue weighted by Gasteiger charge is -2.21. The predicted molar refractivity (Wildman–Crippen MR) is 138 cm³/mol. The Bertz CT molecular complexity index is 803. The van der Waals surface area contributed by atoms with Crippen LogP contribution in [0, 0.1) is 0 Å². The summed E-state index contributed by atoms with van der Waals surface area (Å²) in [6.45, 7) is 12.8. The summed E-state index contributed by atoms with van der Waals surface area (Å²) in [6.07, 6.45) is 5.02. The van der Waals surface area contributed by atoms with Crippen molar-refractivity contribution in [2.45, 2.75) is 53.0 Å². The summed E-state index contributed by atoms with van der Waals surface area (Å²) in [5.41, 5.74) is 2.92. The number of thiol groups is 1. The van der Waals surface area contributed by atoms with Crippen LogP contribution in [-0.4, -0.2) is 45.5 Å². The first-order chi connectivity index (χ1) is 14.5. The second kappa shape index (κ2) is 17.1. The van der Waals surface area contributed by atoms with E-state index in [2.05, 4.69) is 39.7 Å². The van der Waals surface area contributed by atoms with E-state index < -0.39 is 10.0 Å². The Balaban J connectivity index is 0. The molecule has 1 aliphatic heterocycles. The van der Waals surface area contributed by atoms with E-state index in [1.807, 2.05) is 47.9 Å². The number of nitrogens with two attached hydrogens (primary N) is 1. The van der Waals surface area contributed by atoms with Crippen molar-refractivity contribution in [3.8, 4) is 0 Å². The molecule has 178 valence electrons. The van der Waals surface area contributed by atoms with Gasteiger partial charge < -0.3 is 15.0 Å². The number of sulfonamides is 1. The summed E-state index contributed by atoms with van der Waals surface area (Å²) in [5.74, 6) is 0. The summed E-state index contributed by atoms with van der Waals surface area (Å²) in [4.78, 5) is 16.5. The maximum absolute atomic E-state index is 11.1. The van der Waals surface area contributed by atoms with Crippen LogP contribution < -0.4 is 15.8 Å². The minimum absolute atomic E-state index is 0.0272. The fourth-order valence-corrected chi connectivity index (χ4v) is 4.01. The lowest BCUT2D eigenvalue weighted by atomic mass is 10.2. The summed E-state index contributed by atoms with van der Waals surface area (Å²) >= 11 is 5.95. The number of rotatable bonds is 9. The van der Waals surface area contributed by atoms with Crippen LogP contribution >= 0.6 is 24.4 Å². The molecule has 0 saturated carbocycles. The highest BCUT2D eigenvalue weighted by Crippen LogP contribution is 2.40. The highest BCUT2D eigenvalue weighted by Gasteiger charge is 2.27. The number of nitrogens with zero attached hydrogens (tertiary/aromatic N) is 2. The third kappa shape index (κ3) is 12.2. The molecule has 0 fully saturated rings. The zero-order valence-electron chi connectivity index (χ0n) is 19.5. The molecule has 0 saturated heterocycles. The van der Waals surface area contributed by atoms with Crippen molar-refractivity contribution in [3.63, 3.8) is 0 Å². The third-order valence-corrected chi connectivity index (χ3v) is 6.58. The van der Waals surface area contributed by atoms with E-state index in [1.54, 1.807) is 23.5 Å². The molecule has 1 atom stereocenters. The molecular formula is C20H37N5O3S3. The van der Waals surface area contributed by atoms with Gasteiger partial charge in [0, 0.05) is 18.4 Å². The van der Waals surface area contributed by atoms with Crippen molar-refractivity contribution < 1.29 is 13.2 Å². The largest absolute Gasteiger partial charge is 0.353 e. The van der Waals surface area contributed by atoms with Gasteiger partial charge in [-0.15, -0.1) is 12.6 Å². The average molecular weight is 492 g/mol. The Morgan fingerprint density at radius 1 is 1.42 bits per heavy atom. The van der Waals surface area contributed by atoms with E-state index in [4.69, 9.17) is 9.93 Å². The SMILES string of the molecule is C=C(CC/C=C(\C)NC=N/C(=C\S)C1=C(C)N(C)C(NC)S1)S(N)(=O)=O.CC.CC=O. The molecule has 0 bridgehead atoms. The van der Waals surface area contributed by atoms with Crippen molar-refractivity contribution in [3.05, 3.63) is 45.0 Å². The summed E-state index contributed by atoms with van der Waals surface area (Å²) in [6, 6.07) is 0. The number of aldehydes is 1. The van der Waals surface area contributed by atoms with Crippen molar-refractivity contribution in [1.82, 2.24) is 15.5 Å². The molecule has 4 N–H and O–H groups in total. The fourth-order valence-electron chi connectivity index (χ4n) is 2.12. The molecule has 11 heteroatoms. The first-order valence-corrected chi connectivity index (χ1v) is 12.7. The van der Waals surface area contributed by atoms with Crippen molar-refractivity contribution in [1.29, 1.82) is 0 Å². The van der Waals surface area contributed by atoms with Crippen LogP contribution in [0.2, 0.25) is 0 Å². The van der Waals surface area contributed by atoms with Gasteiger partial charge in [-0.1, -0.05) is 38.3 Å². The average Bonchev–Trinajstić information content (AvgIpc) is 3.01. The summed E-state index contributed by atoms with van der Waals surface area (Å²) < 4.78 is 22.2. The molecule has 8 nitrogen and oxygen atoms in total. The zero-order chi connectivity index (χ0) is 24.6. The van der Waals surface area contributed by atoms with Gasteiger partial charge in [-0.25, -0.2) is 18.5 Å². The van der Waals surface area contributed by atoms with Crippen molar-refractivity contribution >= 4 is 47.0 Å². The summed E-state index contributed by atoms with van der Waals surface area (Å²) in [5, 5.41) is 13.0. The number of allylic oxidation sites excluding steroid dienone is 4. The Morgan fingerprint density at radius 3 is 2.39 bits per heavy atom. The number of carbonyl (C=O) groups excluding carboxylic acids is 1. The molecule has 31 heavy (non-hydrogen) atoms. The minimum Gasteiger partial charge on any atom is -0.353 e. The molecule has 0 amide bonds. The molecule has 1 aliphatic rings. The maximum Gasteiger partial charge on any atom is 0.233 e. The monoisotopic (exact) mass is 491 g/mol. The van der Waals surface area contributed by atoms with Gasteiger partial charge in [0.1, 0.15) is 11.8 Å². The van der Waals surface area contributed by atoms with Crippen LogP contribution in [0.15, 0.2) is 50.0 Å². The Labute approximate surface area is 197 Å². The van der Waals surface area contributed by atoms with Gasteiger partial charge in [0.2, 0.25) is 10.0 Å². The van der Waals surface area contributed by atoms with Crippen LogP contribution in [-0.2, 0) is 14.8 Å². The first-order valence-electron chi connectivity index (χ1n) is 9.72. The number of hydrogen-bond acceptors (Lipinski definition) is 8. The van der Waals surface area contributed by atoms with Gasteiger partial charge in [0.25, 0.3) is 0 Å². The van der Waals surface area contributed by atoms with Crippen LogP contribution in [0.25, 0.3) is 0 Å². The number of nitrogens with one attached hydrogen (secondary N) is 2. The topological polar surface area (TPSA) is 117 Å². The van der Waals surface area contributed by atoms with Gasteiger partial charge in [-0.3, -0.25) is 5.32 Å². The van der Waals surface area contributed by atoms with Gasteiger partial charge in [-0.05, 0) is 46.1 Å². The Hall–Kier alpha value is -1.53. The minimum atomic E-state index is -3.66. The standard InChI is InChI=1S/C16H27N5O2S3.C2H4O.C2H6/c1-11(7-6-8-12(2)26(17,22)23)19-10-20-14(9-24)15-13(3)21(5)16(18-4)25-15;1-2-3;1-2/h7,9-10,16,18,24H,2,6,8H2,1,3-5H3,(H,19,20)(H2,17,22,23);2H,1H3;1-2H3/b11-7+,14-9-;;. The smallest absolute Gasteiger partial charge is 0.233 e. The molecule has 0 aliphatic carbocycles. The van der Waals surface area contributed by atoms with Gasteiger partial charge in [0.15, 0.2) is 0 Å². The number of hydrogen-bond donors (Lipinski definition) is 4. The number of carbonyl (C=O) groups is 1. The molecule has 0 spiro atoms. The van der Waals surface area contributed by atoms with Crippen LogP contribution in [0.4, 0.5) is 0 Å². The Morgan fingerprint density at radius 2 is 1.97 bits per heavy atom. The summed E-state index contributed by atoms with van der Waals surface area (Å²) in [7, 11) is 0.278. The normalized spacial score (nSPS) is 17.1. The fraction of sp³-hybridized carbons (Fsp3) is 0.500. The molecule has 0 aromatic heterocycles. The molecular weight excluding hydrogens is 454 g/mol. The molecule has 1 rings (SSSR count). The quantitative estimate of drug-likeness (QED) is 0.169. The van der Waals surface area contributed by atoms with Crippen LogP contribution in [0.1, 0.15) is 47.5 Å². The highest BCUT2D eigenvalue weighted by atomic mass is 32.2. The molecule has 0 aromatic carbocycles. The van der Waals surface area contributed by atoms with E-state index in [9.17, 15) is 8.42 Å². The number of thioether (sulfide) groups is 1.